The van der Waals surface area contributed by atoms with E-state index in [9.17, 15) is 13.2 Å². The number of benzene rings is 1. The van der Waals surface area contributed by atoms with Gasteiger partial charge in [0.2, 0.25) is 0 Å². The summed E-state index contributed by atoms with van der Waals surface area (Å²) in [5.41, 5.74) is -0.121. The van der Waals surface area contributed by atoms with Gasteiger partial charge in [0.1, 0.15) is 0 Å². The molecule has 1 aromatic rings. The van der Waals surface area contributed by atoms with Gasteiger partial charge in [-0.05, 0) is 31.0 Å². The van der Waals surface area contributed by atoms with Crippen LogP contribution in [0.1, 0.15) is 36.4 Å². The maximum absolute atomic E-state index is 12.8. The zero-order valence-corrected chi connectivity index (χ0v) is 8.85. The van der Waals surface area contributed by atoms with Crippen LogP contribution in [0.5, 0.6) is 0 Å². The quantitative estimate of drug-likeness (QED) is 0.776. The van der Waals surface area contributed by atoms with Crippen molar-refractivity contribution in [2.24, 2.45) is 0 Å². The third-order valence-corrected chi connectivity index (χ3v) is 2.95. The van der Waals surface area contributed by atoms with Gasteiger partial charge in [-0.25, -0.2) is 0 Å². The van der Waals surface area contributed by atoms with Gasteiger partial charge in [0.25, 0.3) is 0 Å². The van der Waals surface area contributed by atoms with E-state index in [1.807, 2.05) is 0 Å². The molecule has 1 nitrogen and oxygen atoms in total. The second-order valence-electron chi connectivity index (χ2n) is 4.09. The van der Waals surface area contributed by atoms with Crippen molar-refractivity contribution in [1.29, 1.82) is 0 Å². The van der Waals surface area contributed by atoms with Crippen LogP contribution in [-0.4, -0.2) is 6.54 Å². The van der Waals surface area contributed by atoms with Crippen molar-refractivity contribution in [1.82, 2.24) is 5.32 Å². The molecule has 0 saturated carbocycles. The minimum Gasteiger partial charge on any atom is -0.310 e. The molecular formula is C12H14F3N. The number of hydrogen-bond acceptors (Lipinski definition) is 1. The summed E-state index contributed by atoms with van der Waals surface area (Å²) in [5, 5.41) is 3.15. The van der Waals surface area contributed by atoms with Gasteiger partial charge in [-0.3, -0.25) is 0 Å². The van der Waals surface area contributed by atoms with E-state index in [2.05, 4.69) is 5.32 Å². The van der Waals surface area contributed by atoms with E-state index >= 15 is 0 Å². The summed E-state index contributed by atoms with van der Waals surface area (Å²) in [6, 6.07) is 5.69. The minimum absolute atomic E-state index is 0.147. The Kier molecular flexibility index (Phi) is 3.19. The average molecular weight is 229 g/mol. The molecule has 1 heterocycles. The lowest BCUT2D eigenvalue weighted by molar-refractivity contribution is -0.138. The molecule has 1 aliphatic heterocycles. The summed E-state index contributed by atoms with van der Waals surface area (Å²) in [4.78, 5) is 0. The summed E-state index contributed by atoms with van der Waals surface area (Å²) in [7, 11) is 0. The van der Waals surface area contributed by atoms with Crippen LogP contribution in [0.25, 0.3) is 0 Å². The highest BCUT2D eigenvalue weighted by atomic mass is 19.4. The lowest BCUT2D eigenvalue weighted by Crippen LogP contribution is -2.28. The molecule has 0 radical (unpaired) electrons. The maximum atomic E-state index is 12.8. The summed E-state index contributed by atoms with van der Waals surface area (Å²) in [5.74, 6) is 0. The van der Waals surface area contributed by atoms with E-state index in [1.165, 1.54) is 6.07 Å². The summed E-state index contributed by atoms with van der Waals surface area (Å²) >= 11 is 0. The van der Waals surface area contributed by atoms with Gasteiger partial charge in [0, 0.05) is 6.04 Å². The lowest BCUT2D eigenvalue weighted by atomic mass is 9.93. The van der Waals surface area contributed by atoms with Crippen molar-refractivity contribution in [3.8, 4) is 0 Å². The predicted octanol–water partition coefficient (Wildman–Crippen LogP) is 3.52. The Bertz CT molecular complexity index is 354. The number of rotatable bonds is 1. The topological polar surface area (TPSA) is 12.0 Å². The Morgan fingerprint density at radius 1 is 1.12 bits per heavy atom. The Morgan fingerprint density at radius 2 is 1.88 bits per heavy atom. The van der Waals surface area contributed by atoms with Crippen molar-refractivity contribution in [3.63, 3.8) is 0 Å². The highest BCUT2D eigenvalue weighted by Crippen LogP contribution is 2.36. The molecule has 1 aliphatic rings. The third-order valence-electron chi connectivity index (χ3n) is 2.95. The van der Waals surface area contributed by atoms with Crippen LogP contribution in [0.4, 0.5) is 13.2 Å². The number of hydrogen-bond donors (Lipinski definition) is 1. The SMILES string of the molecule is FC(F)(F)c1ccccc1C1CCCCN1. The zero-order valence-electron chi connectivity index (χ0n) is 8.85. The maximum Gasteiger partial charge on any atom is 0.416 e. The fourth-order valence-corrected chi connectivity index (χ4v) is 2.18. The van der Waals surface area contributed by atoms with Gasteiger partial charge < -0.3 is 5.32 Å². The molecule has 88 valence electrons. The number of nitrogens with one attached hydrogen (secondary N) is 1. The highest BCUT2D eigenvalue weighted by molar-refractivity contribution is 5.32. The Hall–Kier alpha value is -1.03. The first-order valence-electron chi connectivity index (χ1n) is 5.48. The molecule has 1 fully saturated rings. The van der Waals surface area contributed by atoms with E-state index in [0.29, 0.717) is 5.56 Å². The van der Waals surface area contributed by atoms with Crippen molar-refractivity contribution >= 4 is 0 Å². The van der Waals surface area contributed by atoms with Gasteiger partial charge in [0.15, 0.2) is 0 Å². The van der Waals surface area contributed by atoms with Crippen LogP contribution in [0.3, 0.4) is 0 Å². The summed E-state index contributed by atoms with van der Waals surface area (Å²) < 4.78 is 38.3. The second-order valence-corrected chi connectivity index (χ2v) is 4.09. The Labute approximate surface area is 92.7 Å². The molecular weight excluding hydrogens is 215 g/mol. The minimum atomic E-state index is -4.25. The first-order valence-corrected chi connectivity index (χ1v) is 5.48. The standard InChI is InChI=1S/C12H14F3N/c13-12(14,15)10-6-2-1-5-9(10)11-7-3-4-8-16-11/h1-2,5-6,11,16H,3-4,7-8H2. The molecule has 0 aliphatic carbocycles. The highest BCUT2D eigenvalue weighted by Gasteiger charge is 2.34. The molecule has 16 heavy (non-hydrogen) atoms. The van der Waals surface area contributed by atoms with Crippen LogP contribution in [-0.2, 0) is 6.18 Å². The monoisotopic (exact) mass is 229 g/mol. The largest absolute Gasteiger partial charge is 0.416 e. The molecule has 0 aromatic heterocycles. The molecule has 1 N–H and O–H groups in total. The first-order chi connectivity index (χ1) is 7.59. The molecule has 1 aromatic carbocycles. The van der Waals surface area contributed by atoms with Crippen molar-refractivity contribution in [2.45, 2.75) is 31.5 Å². The Morgan fingerprint density at radius 3 is 2.50 bits per heavy atom. The normalized spacial score (nSPS) is 22.1. The lowest BCUT2D eigenvalue weighted by Gasteiger charge is -2.26. The fourth-order valence-electron chi connectivity index (χ4n) is 2.18. The van der Waals surface area contributed by atoms with Gasteiger partial charge in [0.05, 0.1) is 5.56 Å². The van der Waals surface area contributed by atoms with Crippen LogP contribution in [0.15, 0.2) is 24.3 Å². The molecule has 1 atom stereocenters. The van der Waals surface area contributed by atoms with Crippen LogP contribution in [0.2, 0.25) is 0 Å². The smallest absolute Gasteiger partial charge is 0.310 e. The number of alkyl halides is 3. The molecule has 1 saturated heterocycles. The second kappa shape index (κ2) is 4.45. The average Bonchev–Trinajstić information content (AvgIpc) is 2.29. The predicted molar refractivity (Wildman–Crippen MR) is 56.0 cm³/mol. The van der Waals surface area contributed by atoms with E-state index in [0.717, 1.165) is 31.9 Å². The first kappa shape index (κ1) is 11.5. The molecule has 0 amide bonds. The fraction of sp³-hybridized carbons (Fsp3) is 0.500. The van der Waals surface area contributed by atoms with E-state index in [1.54, 1.807) is 12.1 Å². The van der Waals surface area contributed by atoms with E-state index in [-0.39, 0.29) is 6.04 Å². The van der Waals surface area contributed by atoms with Crippen molar-refractivity contribution in [3.05, 3.63) is 35.4 Å². The van der Waals surface area contributed by atoms with Gasteiger partial charge in [-0.2, -0.15) is 13.2 Å². The van der Waals surface area contributed by atoms with Crippen molar-refractivity contribution < 1.29 is 13.2 Å². The molecule has 4 heteroatoms. The molecule has 0 bridgehead atoms. The molecule has 2 rings (SSSR count). The number of piperidine rings is 1. The third kappa shape index (κ3) is 2.38. The van der Waals surface area contributed by atoms with Crippen LogP contribution < -0.4 is 5.32 Å². The number of halogens is 3. The van der Waals surface area contributed by atoms with E-state index in [4.69, 9.17) is 0 Å². The summed E-state index contributed by atoms with van der Waals surface area (Å²) in [6.07, 6.45) is -1.43. The van der Waals surface area contributed by atoms with Gasteiger partial charge >= 0.3 is 6.18 Å². The van der Waals surface area contributed by atoms with Crippen LogP contribution >= 0.6 is 0 Å². The molecule has 1 unspecified atom stereocenters. The summed E-state index contributed by atoms with van der Waals surface area (Å²) in [6.45, 7) is 0.802. The van der Waals surface area contributed by atoms with Crippen LogP contribution in [0, 0.1) is 0 Å². The van der Waals surface area contributed by atoms with Gasteiger partial charge in [-0.15, -0.1) is 0 Å². The van der Waals surface area contributed by atoms with Gasteiger partial charge in [-0.1, -0.05) is 24.6 Å². The Balaban J connectivity index is 2.32. The molecule has 0 spiro atoms. The van der Waals surface area contributed by atoms with E-state index < -0.39 is 11.7 Å². The zero-order chi connectivity index (χ0) is 11.6. The van der Waals surface area contributed by atoms with Crippen molar-refractivity contribution in [2.75, 3.05) is 6.54 Å².